The van der Waals surface area contributed by atoms with Gasteiger partial charge in [0.05, 0.1) is 18.6 Å². The highest BCUT2D eigenvalue weighted by atomic mass is 16.5. The zero-order valence-corrected chi connectivity index (χ0v) is 21.6. The van der Waals surface area contributed by atoms with E-state index in [1.807, 2.05) is 0 Å². The molecule has 33 heavy (non-hydrogen) atoms. The van der Waals surface area contributed by atoms with Crippen LogP contribution >= 0.6 is 0 Å². The molecular formula is C30H48O3. The predicted octanol–water partition coefficient (Wildman–Crippen LogP) is 8.46. The van der Waals surface area contributed by atoms with Crippen LogP contribution in [-0.2, 0) is 9.53 Å². The molecule has 0 saturated heterocycles. The maximum absolute atomic E-state index is 12.7. The van der Waals surface area contributed by atoms with Gasteiger partial charge in [0.15, 0.2) is 0 Å². The Morgan fingerprint density at radius 1 is 0.818 bits per heavy atom. The van der Waals surface area contributed by atoms with Crippen molar-refractivity contribution in [2.24, 2.45) is 17.3 Å². The summed E-state index contributed by atoms with van der Waals surface area (Å²) in [4.78, 5) is 12.7. The second kappa shape index (κ2) is 13.4. The normalized spacial score (nSPS) is 27.8. The van der Waals surface area contributed by atoms with E-state index in [0.29, 0.717) is 12.5 Å². The van der Waals surface area contributed by atoms with Crippen LogP contribution in [0, 0.1) is 17.3 Å². The fourth-order valence-electron chi connectivity index (χ4n) is 5.92. The Balaban J connectivity index is 1.38. The topological polar surface area (TPSA) is 35.5 Å². The number of ether oxygens (including phenoxy) is 2. The molecule has 2 aliphatic carbocycles. The number of rotatable bonds is 12. The molecule has 0 bridgehead atoms. The van der Waals surface area contributed by atoms with E-state index in [-0.39, 0.29) is 11.4 Å². The Labute approximate surface area is 203 Å². The number of hydrogen-bond donors (Lipinski definition) is 0. The minimum Gasteiger partial charge on any atom is -0.494 e. The highest BCUT2D eigenvalue weighted by Crippen LogP contribution is 2.47. The second-order valence-electron chi connectivity index (χ2n) is 11.0. The Hall–Kier alpha value is -1.51. The lowest BCUT2D eigenvalue weighted by molar-refractivity contribution is -0.158. The first-order valence-electron chi connectivity index (χ1n) is 14.0. The fourth-order valence-corrected chi connectivity index (χ4v) is 5.92. The van der Waals surface area contributed by atoms with Gasteiger partial charge in [0.2, 0.25) is 0 Å². The molecule has 2 aliphatic rings. The van der Waals surface area contributed by atoms with Crippen molar-refractivity contribution >= 4 is 5.97 Å². The Kier molecular flexibility index (Phi) is 10.6. The Bertz CT molecular complexity index is 679. The van der Waals surface area contributed by atoms with Gasteiger partial charge in [-0.05, 0) is 107 Å². The van der Waals surface area contributed by atoms with Crippen molar-refractivity contribution in [2.45, 2.75) is 117 Å². The van der Waals surface area contributed by atoms with Crippen LogP contribution in [0.15, 0.2) is 24.3 Å². The molecule has 0 aromatic heterocycles. The average molecular weight is 457 g/mol. The monoisotopic (exact) mass is 456 g/mol. The van der Waals surface area contributed by atoms with Gasteiger partial charge in [-0.15, -0.1) is 0 Å². The summed E-state index contributed by atoms with van der Waals surface area (Å²) in [6, 6.07) is 8.88. The largest absolute Gasteiger partial charge is 0.494 e. The Morgan fingerprint density at radius 2 is 1.45 bits per heavy atom. The maximum atomic E-state index is 12.7. The van der Waals surface area contributed by atoms with Crippen LogP contribution in [0.5, 0.6) is 5.75 Å². The molecule has 1 aromatic rings. The lowest BCUT2D eigenvalue weighted by atomic mass is 9.64. The average Bonchev–Trinajstić information content (AvgIpc) is 2.85. The van der Waals surface area contributed by atoms with Gasteiger partial charge in [-0.25, -0.2) is 0 Å². The number of unbranched alkanes of at least 4 members (excludes halogenated alkanes) is 4. The third-order valence-electron chi connectivity index (χ3n) is 8.41. The SMILES string of the molecule is CCCCCCOC(=O)C1(C)CCC(C2CCC(c3ccc(OCCCC)cc3)CC2)CC1. The smallest absolute Gasteiger partial charge is 0.311 e. The van der Waals surface area contributed by atoms with Crippen molar-refractivity contribution in [1.29, 1.82) is 0 Å². The summed E-state index contributed by atoms with van der Waals surface area (Å²) in [7, 11) is 0. The lowest BCUT2D eigenvalue weighted by Crippen LogP contribution is -2.36. The quantitative estimate of drug-likeness (QED) is 0.234. The van der Waals surface area contributed by atoms with E-state index in [4.69, 9.17) is 9.47 Å². The first kappa shape index (κ1) is 26.1. The molecule has 0 atom stereocenters. The maximum Gasteiger partial charge on any atom is 0.311 e. The molecule has 0 amide bonds. The molecule has 1 aromatic carbocycles. The van der Waals surface area contributed by atoms with E-state index in [2.05, 4.69) is 45.0 Å². The van der Waals surface area contributed by atoms with Gasteiger partial charge in [0, 0.05) is 0 Å². The third-order valence-corrected chi connectivity index (χ3v) is 8.41. The van der Waals surface area contributed by atoms with Crippen LogP contribution in [0.4, 0.5) is 0 Å². The van der Waals surface area contributed by atoms with E-state index in [0.717, 1.165) is 49.9 Å². The van der Waals surface area contributed by atoms with E-state index < -0.39 is 0 Å². The molecule has 0 radical (unpaired) electrons. The molecule has 0 unspecified atom stereocenters. The van der Waals surface area contributed by atoms with Crippen LogP contribution in [0.2, 0.25) is 0 Å². The summed E-state index contributed by atoms with van der Waals surface area (Å²) in [5.74, 6) is 3.40. The first-order chi connectivity index (χ1) is 16.1. The van der Waals surface area contributed by atoms with Crippen molar-refractivity contribution in [3.63, 3.8) is 0 Å². The first-order valence-corrected chi connectivity index (χ1v) is 14.0. The lowest BCUT2D eigenvalue weighted by Gasteiger charge is -2.41. The van der Waals surface area contributed by atoms with Gasteiger partial charge in [0.25, 0.3) is 0 Å². The summed E-state index contributed by atoms with van der Waals surface area (Å²) >= 11 is 0. The molecule has 0 heterocycles. The summed E-state index contributed by atoms with van der Waals surface area (Å²) in [6.07, 6.45) is 16.6. The number of carbonyl (C=O) groups is 1. The van der Waals surface area contributed by atoms with Gasteiger partial charge in [-0.1, -0.05) is 51.7 Å². The molecule has 2 saturated carbocycles. The zero-order valence-electron chi connectivity index (χ0n) is 21.6. The van der Waals surface area contributed by atoms with Crippen molar-refractivity contribution in [3.8, 4) is 5.75 Å². The molecule has 3 heteroatoms. The number of benzene rings is 1. The van der Waals surface area contributed by atoms with Gasteiger partial charge in [-0.3, -0.25) is 4.79 Å². The molecule has 0 aliphatic heterocycles. The molecule has 186 valence electrons. The zero-order chi connectivity index (χ0) is 23.5. The molecule has 0 N–H and O–H groups in total. The van der Waals surface area contributed by atoms with E-state index >= 15 is 0 Å². The minimum atomic E-state index is -0.251. The van der Waals surface area contributed by atoms with Gasteiger partial charge < -0.3 is 9.47 Å². The van der Waals surface area contributed by atoms with Gasteiger partial charge in [0.1, 0.15) is 5.75 Å². The summed E-state index contributed by atoms with van der Waals surface area (Å²) < 4.78 is 11.5. The second-order valence-corrected chi connectivity index (χ2v) is 11.0. The van der Waals surface area contributed by atoms with E-state index in [1.165, 1.54) is 69.8 Å². The summed E-state index contributed by atoms with van der Waals surface area (Å²) in [5, 5.41) is 0. The van der Waals surface area contributed by atoms with Crippen LogP contribution in [0.1, 0.15) is 122 Å². The molecule has 3 nitrogen and oxygen atoms in total. The van der Waals surface area contributed by atoms with Crippen LogP contribution < -0.4 is 4.74 Å². The van der Waals surface area contributed by atoms with Crippen LogP contribution in [0.25, 0.3) is 0 Å². The van der Waals surface area contributed by atoms with Crippen molar-refractivity contribution in [2.75, 3.05) is 13.2 Å². The van der Waals surface area contributed by atoms with Crippen molar-refractivity contribution in [3.05, 3.63) is 29.8 Å². The predicted molar refractivity (Wildman–Crippen MR) is 137 cm³/mol. The van der Waals surface area contributed by atoms with Gasteiger partial charge >= 0.3 is 5.97 Å². The minimum absolute atomic E-state index is 0.0586. The molecule has 0 spiro atoms. The third kappa shape index (κ3) is 7.76. The van der Waals surface area contributed by atoms with Crippen LogP contribution in [-0.4, -0.2) is 19.2 Å². The van der Waals surface area contributed by atoms with Crippen LogP contribution in [0.3, 0.4) is 0 Å². The van der Waals surface area contributed by atoms with Crippen molar-refractivity contribution in [1.82, 2.24) is 0 Å². The highest BCUT2D eigenvalue weighted by Gasteiger charge is 2.41. The molecule has 3 rings (SSSR count). The number of esters is 1. The number of hydrogen-bond acceptors (Lipinski definition) is 3. The molecular weight excluding hydrogens is 408 g/mol. The Morgan fingerprint density at radius 3 is 2.09 bits per heavy atom. The van der Waals surface area contributed by atoms with E-state index in [1.54, 1.807) is 0 Å². The van der Waals surface area contributed by atoms with E-state index in [9.17, 15) is 4.79 Å². The fraction of sp³-hybridized carbons (Fsp3) is 0.767. The highest BCUT2D eigenvalue weighted by molar-refractivity contribution is 5.76. The molecule has 2 fully saturated rings. The standard InChI is InChI=1S/C30H48O3/c1-4-6-8-9-23-33-29(31)30(3)20-18-27(19-21-30)25-12-10-24(11-13-25)26-14-16-28(17-15-26)32-22-7-5-2/h14-17,24-25,27H,4-13,18-23H2,1-3H3. The van der Waals surface area contributed by atoms with Gasteiger partial charge in [-0.2, -0.15) is 0 Å². The number of carbonyl (C=O) groups excluding carboxylic acids is 1. The van der Waals surface area contributed by atoms with Crippen molar-refractivity contribution < 1.29 is 14.3 Å². The summed E-state index contributed by atoms with van der Waals surface area (Å²) in [6.45, 7) is 7.97. The summed E-state index contributed by atoms with van der Waals surface area (Å²) in [5.41, 5.74) is 1.23.